The van der Waals surface area contributed by atoms with Crippen LogP contribution >= 0.6 is 22.9 Å². The van der Waals surface area contributed by atoms with Crippen LogP contribution in [0.1, 0.15) is 24.1 Å². The van der Waals surface area contributed by atoms with Gasteiger partial charge in [0.05, 0.1) is 26.4 Å². The molecule has 2 saturated heterocycles. The van der Waals surface area contributed by atoms with E-state index in [-0.39, 0.29) is 23.1 Å². The average molecular weight is 750 g/mol. The van der Waals surface area contributed by atoms with Gasteiger partial charge in [0, 0.05) is 71.0 Å². The minimum atomic E-state index is -5.08. The summed E-state index contributed by atoms with van der Waals surface area (Å²) >= 11 is 7.40. The summed E-state index contributed by atoms with van der Waals surface area (Å²) < 4.78 is 73.3. The van der Waals surface area contributed by atoms with E-state index in [9.17, 15) is 31.2 Å². The number of ether oxygens (including phenoxy) is 1. The highest BCUT2D eigenvalue weighted by Crippen LogP contribution is 2.32. The number of carboxylic acid groups (broad SMARTS) is 1. The Kier molecular flexibility index (Phi) is 12.8. The molecule has 1 aromatic carbocycles. The van der Waals surface area contributed by atoms with E-state index in [4.69, 9.17) is 30.8 Å². The third-order valence-electron chi connectivity index (χ3n) is 7.83. The molecule has 49 heavy (non-hydrogen) atoms. The summed E-state index contributed by atoms with van der Waals surface area (Å²) in [5, 5.41) is 11.3. The fourth-order valence-electron chi connectivity index (χ4n) is 5.33. The Morgan fingerprint density at radius 2 is 1.86 bits per heavy atom. The summed E-state index contributed by atoms with van der Waals surface area (Å²) in [6.45, 7) is 5.83. The van der Waals surface area contributed by atoms with Gasteiger partial charge in [-0.3, -0.25) is 14.5 Å². The molecular weight excluding hydrogens is 715 g/mol. The van der Waals surface area contributed by atoms with Crippen molar-refractivity contribution in [2.24, 2.45) is 0 Å². The lowest BCUT2D eigenvalue weighted by Gasteiger charge is -2.36. The maximum Gasteiger partial charge on any atom is 0.490 e. The van der Waals surface area contributed by atoms with Crippen LogP contribution in [0.3, 0.4) is 0 Å². The van der Waals surface area contributed by atoms with Crippen LogP contribution in [0.4, 0.5) is 18.9 Å². The number of methoxy groups -OCH3 is 1. The summed E-state index contributed by atoms with van der Waals surface area (Å²) in [5.41, 5.74) is 1.45. The second-order valence-electron chi connectivity index (χ2n) is 11.2. The fourth-order valence-corrected chi connectivity index (χ4v) is 7.77. The predicted octanol–water partition coefficient (Wildman–Crippen LogP) is 3.81. The van der Waals surface area contributed by atoms with Gasteiger partial charge in [0.15, 0.2) is 5.76 Å². The lowest BCUT2D eigenvalue weighted by Crippen LogP contribution is -2.55. The molecule has 0 saturated carbocycles. The number of halogens is 4. The molecule has 2 aliphatic heterocycles. The number of sulfonamides is 1. The summed E-state index contributed by atoms with van der Waals surface area (Å²) in [4.78, 5) is 41.4. The molecule has 19 heteroatoms. The summed E-state index contributed by atoms with van der Waals surface area (Å²) in [6.07, 6.45) is -3.94. The largest absolute Gasteiger partial charge is 0.490 e. The number of aliphatic carboxylic acids is 1. The van der Waals surface area contributed by atoms with Crippen molar-refractivity contribution >= 4 is 56.4 Å². The molecule has 13 nitrogen and oxygen atoms in total. The van der Waals surface area contributed by atoms with Gasteiger partial charge in [-0.15, -0.1) is 11.3 Å². The molecule has 2 fully saturated rings. The molecule has 2 aliphatic rings. The Morgan fingerprint density at radius 1 is 1.16 bits per heavy atom. The number of hydrogen-bond donors (Lipinski definition) is 2. The van der Waals surface area contributed by atoms with Crippen molar-refractivity contribution in [2.75, 3.05) is 57.9 Å². The molecule has 0 spiro atoms. The number of carbonyl (C=O) groups excluding carboxylic acids is 2. The highest BCUT2D eigenvalue weighted by molar-refractivity contribution is 7.89. The average Bonchev–Trinajstić information content (AvgIpc) is 3.81. The second kappa shape index (κ2) is 16.4. The molecule has 3 aromatic rings. The van der Waals surface area contributed by atoms with Gasteiger partial charge >= 0.3 is 12.1 Å². The number of carboxylic acids is 1. The molecule has 268 valence electrons. The summed E-state index contributed by atoms with van der Waals surface area (Å²) in [7, 11) is -2.51. The summed E-state index contributed by atoms with van der Waals surface area (Å²) in [5.74, 6) is -2.64. The van der Waals surface area contributed by atoms with Crippen LogP contribution in [0.25, 0.3) is 10.6 Å². The maximum absolute atomic E-state index is 13.8. The van der Waals surface area contributed by atoms with E-state index in [1.54, 1.807) is 48.1 Å². The molecule has 4 heterocycles. The number of rotatable bonds is 11. The quantitative estimate of drug-likeness (QED) is 0.295. The van der Waals surface area contributed by atoms with E-state index >= 15 is 0 Å². The van der Waals surface area contributed by atoms with Crippen LogP contribution in [0.15, 0.2) is 45.8 Å². The van der Waals surface area contributed by atoms with Gasteiger partial charge in [0.25, 0.3) is 0 Å². The number of carbonyl (C=O) groups is 3. The molecule has 2 N–H and O–H groups in total. The molecular formula is C30H35ClF3N5O8S2. The maximum atomic E-state index is 13.8. The Labute approximate surface area is 289 Å². The van der Waals surface area contributed by atoms with Crippen LogP contribution in [0.5, 0.6) is 0 Å². The SMILES string of the molecule is COCCN1CCN(C(=O)C(Cc2cc(-c3ccc(Cl)s3)on2)NS(=O)(=O)c2cccc(N3CCCC3=O)c2C)CC1.O=C(O)C(F)(F)F. The molecule has 0 radical (unpaired) electrons. The Morgan fingerprint density at radius 3 is 2.43 bits per heavy atom. The van der Waals surface area contributed by atoms with E-state index in [0.717, 1.165) is 17.8 Å². The first-order valence-electron chi connectivity index (χ1n) is 15.0. The van der Waals surface area contributed by atoms with Gasteiger partial charge in [-0.2, -0.15) is 17.9 Å². The predicted molar refractivity (Wildman–Crippen MR) is 174 cm³/mol. The minimum absolute atomic E-state index is 0.00604. The second-order valence-corrected chi connectivity index (χ2v) is 14.6. The standard InChI is InChI=1S/C28H34ClN5O6S2.C2HF3O2/c1-19-22(34-10-4-7-27(34)35)5-3-6-25(19)42(37,38)31-21(28(36)33-13-11-32(12-14-33)15-16-39-2)17-20-18-23(40-30-20)24-8-9-26(29)41-24;3-2(4,5)1(6)7/h3,5-6,8-9,18,21,31H,4,7,10-17H2,1-2H3;(H,6,7). The number of nitrogens with one attached hydrogen (secondary N) is 1. The smallest absolute Gasteiger partial charge is 0.475 e. The first-order chi connectivity index (χ1) is 23.1. The van der Waals surface area contributed by atoms with Crippen molar-refractivity contribution in [1.82, 2.24) is 19.7 Å². The topological polar surface area (TPSA) is 163 Å². The van der Waals surface area contributed by atoms with Gasteiger partial charge in [-0.05, 0) is 43.2 Å². The van der Waals surface area contributed by atoms with Crippen molar-refractivity contribution in [3.05, 3.63) is 52.0 Å². The minimum Gasteiger partial charge on any atom is -0.475 e. The molecule has 1 unspecified atom stereocenters. The normalized spacial score (nSPS) is 16.4. The number of piperazine rings is 1. The van der Waals surface area contributed by atoms with Crippen LogP contribution in [0, 0.1) is 6.92 Å². The third kappa shape index (κ3) is 10.0. The number of anilines is 1. The van der Waals surface area contributed by atoms with Gasteiger partial charge < -0.3 is 24.2 Å². The monoisotopic (exact) mass is 749 g/mol. The van der Waals surface area contributed by atoms with Crippen molar-refractivity contribution in [2.45, 2.75) is 43.3 Å². The highest BCUT2D eigenvalue weighted by atomic mass is 35.5. The molecule has 2 amide bonds. The van der Waals surface area contributed by atoms with E-state index in [2.05, 4.69) is 14.8 Å². The van der Waals surface area contributed by atoms with E-state index in [1.165, 1.54) is 17.4 Å². The van der Waals surface area contributed by atoms with Gasteiger partial charge in [-0.25, -0.2) is 13.2 Å². The summed E-state index contributed by atoms with van der Waals surface area (Å²) in [6, 6.07) is 9.00. The molecule has 1 atom stereocenters. The number of nitrogens with zero attached hydrogens (tertiary/aromatic N) is 4. The fraction of sp³-hybridized carbons (Fsp3) is 0.467. The highest BCUT2D eigenvalue weighted by Gasteiger charge is 2.38. The zero-order chi connectivity index (χ0) is 35.9. The van der Waals surface area contributed by atoms with Crippen LogP contribution in [-0.4, -0.2) is 111 Å². The third-order valence-corrected chi connectivity index (χ3v) is 10.7. The number of alkyl halides is 3. The van der Waals surface area contributed by atoms with E-state index in [1.807, 2.05) is 6.07 Å². The number of amides is 2. The number of aromatic nitrogens is 1. The number of thiophene rings is 1. The first-order valence-corrected chi connectivity index (χ1v) is 17.7. The lowest BCUT2D eigenvalue weighted by atomic mass is 10.1. The zero-order valence-corrected chi connectivity index (χ0v) is 28.9. The van der Waals surface area contributed by atoms with E-state index < -0.39 is 28.2 Å². The van der Waals surface area contributed by atoms with Crippen molar-refractivity contribution in [3.8, 4) is 10.6 Å². The number of hydrogen-bond acceptors (Lipinski definition) is 10. The Bertz CT molecular complexity index is 1740. The van der Waals surface area contributed by atoms with Crippen LogP contribution < -0.4 is 9.62 Å². The first kappa shape index (κ1) is 38.3. The number of benzene rings is 1. The van der Waals surface area contributed by atoms with Gasteiger partial charge in [0.1, 0.15) is 6.04 Å². The van der Waals surface area contributed by atoms with Crippen molar-refractivity contribution in [3.63, 3.8) is 0 Å². The molecule has 2 aromatic heterocycles. The van der Waals surface area contributed by atoms with E-state index in [0.29, 0.717) is 72.8 Å². The lowest BCUT2D eigenvalue weighted by molar-refractivity contribution is -0.192. The Balaban J connectivity index is 0.000000698. The molecule has 0 aliphatic carbocycles. The Hall–Kier alpha value is -3.55. The molecule has 5 rings (SSSR count). The van der Waals surface area contributed by atoms with Crippen LogP contribution in [-0.2, 0) is 35.6 Å². The van der Waals surface area contributed by atoms with Crippen molar-refractivity contribution < 1.29 is 50.3 Å². The van der Waals surface area contributed by atoms with Gasteiger partial charge in [0.2, 0.25) is 21.8 Å². The van der Waals surface area contributed by atoms with Gasteiger partial charge in [-0.1, -0.05) is 22.8 Å². The van der Waals surface area contributed by atoms with Crippen LogP contribution in [0.2, 0.25) is 4.34 Å². The molecule has 0 bridgehead atoms. The van der Waals surface area contributed by atoms with Crippen molar-refractivity contribution in [1.29, 1.82) is 0 Å². The zero-order valence-electron chi connectivity index (χ0n) is 26.5.